The molecular formula is C38H48F2O5. The molecule has 45 heavy (non-hydrogen) atoms. The van der Waals surface area contributed by atoms with Gasteiger partial charge in [0.05, 0.1) is 0 Å². The maximum atomic E-state index is 13.7. The van der Waals surface area contributed by atoms with E-state index in [0.717, 1.165) is 43.2 Å². The molecular weight excluding hydrogens is 574 g/mol. The van der Waals surface area contributed by atoms with Gasteiger partial charge in [0, 0.05) is 11.1 Å². The van der Waals surface area contributed by atoms with Gasteiger partial charge in [-0.2, -0.15) is 0 Å². The molecule has 2 aromatic carbocycles. The number of ether oxygens (including phenoxy) is 3. The molecule has 2 aliphatic carbocycles. The number of allylic oxidation sites excluding steroid dienone is 1. The zero-order valence-electron chi connectivity index (χ0n) is 27.6. The van der Waals surface area contributed by atoms with E-state index in [-0.39, 0.29) is 23.2 Å². The standard InChI is InChI=1S/C14H17FO.C13H15FO2.C11H16O2/c1-3-11-6-7-13(12(15)10-11)16-14(2)8-4-5-9-14;1-9(2)12(15)16-13(3,4)10-5-7-11(14)8-6-10;1-9(2)10(12)13-11(3)7-5-4-6-8-11/h3,6-7,10H,1,4-5,8-9H2,2H3;5-8H,1H2,2-4H3;5,7H,1,4,6,8H2,2-3H3. The number of benzene rings is 2. The Morgan fingerprint density at radius 2 is 1.49 bits per heavy atom. The van der Waals surface area contributed by atoms with Crippen LogP contribution in [0.3, 0.4) is 0 Å². The number of rotatable bonds is 8. The number of carbonyl (C=O) groups excluding carboxylic acids is 2. The normalized spacial score (nSPS) is 18.2. The lowest BCUT2D eigenvalue weighted by atomic mass is 9.93. The van der Waals surface area contributed by atoms with E-state index in [2.05, 4.69) is 32.7 Å². The van der Waals surface area contributed by atoms with Crippen LogP contribution in [-0.2, 0) is 24.7 Å². The number of esters is 2. The Morgan fingerprint density at radius 1 is 0.889 bits per heavy atom. The Balaban J connectivity index is 0.000000237. The molecule has 0 saturated heterocycles. The number of hydrogen-bond acceptors (Lipinski definition) is 5. The van der Waals surface area contributed by atoms with E-state index in [4.69, 9.17) is 14.2 Å². The summed E-state index contributed by atoms with van der Waals surface area (Å²) in [6.07, 6.45) is 13.1. The van der Waals surface area contributed by atoms with Crippen molar-refractivity contribution in [2.45, 2.75) is 103 Å². The minimum atomic E-state index is -0.788. The highest BCUT2D eigenvalue weighted by Gasteiger charge is 2.31. The van der Waals surface area contributed by atoms with Crippen LogP contribution in [0.5, 0.6) is 5.75 Å². The zero-order valence-corrected chi connectivity index (χ0v) is 27.6. The van der Waals surface area contributed by atoms with E-state index >= 15 is 0 Å². The molecule has 0 N–H and O–H groups in total. The number of halogens is 2. The maximum Gasteiger partial charge on any atom is 0.333 e. The van der Waals surface area contributed by atoms with Gasteiger partial charge in [0.25, 0.3) is 0 Å². The van der Waals surface area contributed by atoms with Crippen molar-refractivity contribution in [1.29, 1.82) is 0 Å². The third-order valence-electron chi connectivity index (χ3n) is 7.63. The van der Waals surface area contributed by atoms with E-state index in [9.17, 15) is 18.4 Å². The van der Waals surface area contributed by atoms with Crippen LogP contribution < -0.4 is 4.74 Å². The molecule has 0 spiro atoms. The van der Waals surface area contributed by atoms with Gasteiger partial charge in [0.2, 0.25) is 0 Å². The summed E-state index contributed by atoms with van der Waals surface area (Å²) in [4.78, 5) is 22.7. The van der Waals surface area contributed by atoms with Crippen LogP contribution in [0.4, 0.5) is 8.78 Å². The first kappa shape index (κ1) is 37.2. The van der Waals surface area contributed by atoms with Gasteiger partial charge in [0.1, 0.15) is 22.6 Å². The molecule has 1 saturated carbocycles. The Bertz CT molecular complexity index is 1380. The van der Waals surface area contributed by atoms with E-state index in [1.807, 2.05) is 19.1 Å². The second kappa shape index (κ2) is 16.4. The largest absolute Gasteiger partial charge is 0.485 e. The van der Waals surface area contributed by atoms with Crippen molar-refractivity contribution in [2.75, 3.05) is 0 Å². The lowest BCUT2D eigenvalue weighted by Gasteiger charge is -2.28. The molecule has 0 heterocycles. The SMILES string of the molecule is C=C(C)C(=O)OC(C)(C)c1ccc(F)cc1.C=C(C)C(=O)OC1(C)C=CCCC1.C=Cc1ccc(OC2(C)CCCC2)c(F)c1. The number of carbonyl (C=O) groups is 2. The van der Waals surface area contributed by atoms with Gasteiger partial charge < -0.3 is 14.2 Å². The highest BCUT2D eigenvalue weighted by molar-refractivity contribution is 5.87. The molecule has 1 unspecified atom stereocenters. The average Bonchev–Trinajstić information content (AvgIpc) is 3.40. The van der Waals surface area contributed by atoms with Crippen LogP contribution in [0.25, 0.3) is 6.08 Å². The van der Waals surface area contributed by atoms with Gasteiger partial charge in [0.15, 0.2) is 11.6 Å². The van der Waals surface area contributed by atoms with Crippen molar-refractivity contribution < 1.29 is 32.6 Å². The molecule has 5 nitrogen and oxygen atoms in total. The summed E-state index contributed by atoms with van der Waals surface area (Å²) in [5.74, 6) is -1.00. The Kier molecular flexibility index (Phi) is 13.5. The topological polar surface area (TPSA) is 61.8 Å². The predicted octanol–water partition coefficient (Wildman–Crippen LogP) is 9.96. The maximum absolute atomic E-state index is 13.7. The minimum Gasteiger partial charge on any atom is -0.485 e. The van der Waals surface area contributed by atoms with Crippen LogP contribution in [0.2, 0.25) is 0 Å². The first-order valence-electron chi connectivity index (χ1n) is 15.3. The summed E-state index contributed by atoms with van der Waals surface area (Å²) >= 11 is 0. The predicted molar refractivity (Wildman–Crippen MR) is 177 cm³/mol. The van der Waals surface area contributed by atoms with Crippen molar-refractivity contribution in [3.05, 3.63) is 108 Å². The second-order valence-corrected chi connectivity index (χ2v) is 12.6. The first-order valence-corrected chi connectivity index (χ1v) is 15.3. The summed E-state index contributed by atoms with van der Waals surface area (Å²) in [6.45, 7) is 21.4. The van der Waals surface area contributed by atoms with E-state index in [1.165, 1.54) is 31.0 Å². The molecule has 0 aliphatic heterocycles. The Labute approximate surface area is 267 Å². The summed E-state index contributed by atoms with van der Waals surface area (Å²) < 4.78 is 42.8. The van der Waals surface area contributed by atoms with Crippen LogP contribution in [0.15, 0.2) is 85.5 Å². The highest BCUT2D eigenvalue weighted by atomic mass is 19.1. The van der Waals surface area contributed by atoms with Crippen molar-refractivity contribution in [3.8, 4) is 5.75 Å². The zero-order chi connectivity index (χ0) is 33.8. The first-order chi connectivity index (χ1) is 21.0. The average molecular weight is 623 g/mol. The molecule has 7 heteroatoms. The van der Waals surface area contributed by atoms with E-state index < -0.39 is 17.2 Å². The fourth-order valence-corrected chi connectivity index (χ4v) is 4.82. The third kappa shape index (κ3) is 12.1. The molecule has 2 aromatic rings. The quantitative estimate of drug-likeness (QED) is 0.167. The monoisotopic (exact) mass is 622 g/mol. The van der Waals surface area contributed by atoms with Crippen molar-refractivity contribution >= 4 is 18.0 Å². The lowest BCUT2D eigenvalue weighted by molar-refractivity contribution is -0.152. The van der Waals surface area contributed by atoms with Gasteiger partial charge in [-0.05, 0) is 128 Å². The van der Waals surface area contributed by atoms with Crippen LogP contribution >= 0.6 is 0 Å². The Hall–Kier alpha value is -4.00. The van der Waals surface area contributed by atoms with Crippen molar-refractivity contribution in [1.82, 2.24) is 0 Å². The molecule has 0 aromatic heterocycles. The lowest BCUT2D eigenvalue weighted by Crippen LogP contribution is -2.31. The fraction of sp³-hybridized carbons (Fsp3) is 0.421. The van der Waals surface area contributed by atoms with E-state index in [0.29, 0.717) is 16.9 Å². The fourth-order valence-electron chi connectivity index (χ4n) is 4.82. The smallest absolute Gasteiger partial charge is 0.333 e. The van der Waals surface area contributed by atoms with Gasteiger partial charge >= 0.3 is 11.9 Å². The molecule has 0 amide bonds. The van der Waals surface area contributed by atoms with Crippen LogP contribution in [0, 0.1) is 11.6 Å². The van der Waals surface area contributed by atoms with Gasteiger partial charge in [-0.15, -0.1) is 0 Å². The molecule has 0 radical (unpaired) electrons. The van der Waals surface area contributed by atoms with E-state index in [1.54, 1.807) is 52.0 Å². The summed E-state index contributed by atoms with van der Waals surface area (Å²) in [5, 5.41) is 0. The molecule has 244 valence electrons. The minimum absolute atomic E-state index is 0.184. The van der Waals surface area contributed by atoms with Gasteiger partial charge in [-0.3, -0.25) is 0 Å². The number of hydrogen-bond donors (Lipinski definition) is 0. The second-order valence-electron chi connectivity index (χ2n) is 12.6. The summed E-state index contributed by atoms with van der Waals surface area (Å²) in [5.41, 5.74) is 0.939. The van der Waals surface area contributed by atoms with Crippen LogP contribution in [0.1, 0.15) is 97.6 Å². The molecule has 2 aliphatic rings. The molecule has 1 fully saturated rings. The van der Waals surface area contributed by atoms with Gasteiger partial charge in [-0.1, -0.05) is 50.1 Å². The van der Waals surface area contributed by atoms with Crippen molar-refractivity contribution in [3.63, 3.8) is 0 Å². The summed E-state index contributed by atoms with van der Waals surface area (Å²) in [7, 11) is 0. The third-order valence-corrected chi connectivity index (χ3v) is 7.63. The highest BCUT2D eigenvalue weighted by Crippen LogP contribution is 2.35. The molecule has 1 atom stereocenters. The Morgan fingerprint density at radius 3 is 1.98 bits per heavy atom. The molecule has 0 bridgehead atoms. The summed E-state index contributed by atoms with van der Waals surface area (Å²) in [6, 6.07) is 10.8. The van der Waals surface area contributed by atoms with Crippen molar-refractivity contribution in [2.24, 2.45) is 0 Å². The van der Waals surface area contributed by atoms with Crippen LogP contribution in [-0.4, -0.2) is 23.1 Å². The molecule has 4 rings (SSSR count). The van der Waals surface area contributed by atoms with Gasteiger partial charge in [-0.25, -0.2) is 18.4 Å².